The van der Waals surface area contributed by atoms with Crippen LogP contribution < -0.4 is 4.74 Å². The summed E-state index contributed by atoms with van der Waals surface area (Å²) in [5, 5.41) is 16.4. The normalized spacial score (nSPS) is 11.7. The van der Waals surface area contributed by atoms with Crippen LogP contribution in [0.2, 0.25) is 0 Å². The largest absolute Gasteiger partial charge is 0.490 e. The van der Waals surface area contributed by atoms with E-state index in [1.807, 2.05) is 38.1 Å². The predicted molar refractivity (Wildman–Crippen MR) is 84.8 cm³/mol. The number of thioether (sulfide) groups is 1. The number of aromatic nitrogens is 3. The summed E-state index contributed by atoms with van der Waals surface area (Å²) in [6, 6.07) is 7.30. The predicted octanol–water partition coefficient (Wildman–Crippen LogP) is 3.12. The van der Waals surface area contributed by atoms with Crippen molar-refractivity contribution in [3.05, 3.63) is 40.6 Å². The highest BCUT2D eigenvalue weighted by molar-refractivity contribution is 8.04. The fraction of sp³-hybridized carbons (Fsp3) is 0.267. The van der Waals surface area contributed by atoms with Gasteiger partial charge in [-0.2, -0.15) is 0 Å². The van der Waals surface area contributed by atoms with Gasteiger partial charge in [-0.05, 0) is 44.7 Å². The number of carboxylic acids is 1. The van der Waals surface area contributed by atoms with Gasteiger partial charge in [0.15, 0.2) is 0 Å². The van der Waals surface area contributed by atoms with Crippen molar-refractivity contribution in [2.24, 2.45) is 0 Å². The Morgan fingerprint density at radius 3 is 2.73 bits per heavy atom. The number of carboxylic acid groups (broad SMARTS) is 1. The van der Waals surface area contributed by atoms with Crippen molar-refractivity contribution in [1.82, 2.24) is 15.2 Å². The molecule has 1 aromatic heterocycles. The first-order valence-electron chi connectivity index (χ1n) is 6.73. The number of hydrogen-bond acceptors (Lipinski definition) is 5. The second kappa shape index (κ2) is 7.13. The zero-order valence-corrected chi connectivity index (χ0v) is 13.3. The van der Waals surface area contributed by atoms with Gasteiger partial charge in [0, 0.05) is 5.56 Å². The van der Waals surface area contributed by atoms with Gasteiger partial charge in [-0.1, -0.05) is 18.2 Å². The third-order valence-corrected chi connectivity index (χ3v) is 3.43. The molecule has 0 saturated heterocycles. The van der Waals surface area contributed by atoms with E-state index in [9.17, 15) is 9.90 Å². The topological polar surface area (TPSA) is 88.1 Å². The van der Waals surface area contributed by atoms with E-state index in [0.717, 1.165) is 11.8 Å². The van der Waals surface area contributed by atoms with Crippen molar-refractivity contribution < 1.29 is 14.6 Å². The lowest BCUT2D eigenvalue weighted by Crippen LogP contribution is -2.06. The number of aryl methyl sites for hydroxylation is 1. The molecule has 2 aromatic rings. The van der Waals surface area contributed by atoms with Crippen LogP contribution in [-0.4, -0.2) is 32.4 Å². The van der Waals surface area contributed by atoms with E-state index in [2.05, 4.69) is 15.2 Å². The molecule has 0 saturated carbocycles. The van der Waals surface area contributed by atoms with Crippen molar-refractivity contribution >= 4 is 23.8 Å². The molecule has 116 valence electrons. The molecule has 0 unspecified atom stereocenters. The Morgan fingerprint density at radius 2 is 2.14 bits per heavy atom. The maximum Gasteiger partial charge on any atom is 0.342 e. The number of benzene rings is 1. The minimum absolute atomic E-state index is 0.00568. The molecule has 0 spiro atoms. The van der Waals surface area contributed by atoms with Crippen LogP contribution in [0, 0.1) is 6.92 Å². The minimum Gasteiger partial charge on any atom is -0.490 e. The summed E-state index contributed by atoms with van der Waals surface area (Å²) in [7, 11) is 0. The Labute approximate surface area is 132 Å². The molecule has 1 heterocycles. The van der Waals surface area contributed by atoms with Gasteiger partial charge in [-0.25, -0.2) is 9.78 Å². The molecule has 7 heteroatoms. The van der Waals surface area contributed by atoms with Crippen LogP contribution in [0.25, 0.3) is 6.08 Å². The van der Waals surface area contributed by atoms with E-state index in [-0.39, 0.29) is 11.0 Å². The molecular weight excluding hydrogens is 302 g/mol. The number of rotatable bonds is 6. The molecule has 6 nitrogen and oxygen atoms in total. The summed E-state index contributed by atoms with van der Waals surface area (Å²) in [6.07, 6.45) is 1.57. The SMILES string of the molecule is Cc1nc(S/C(=C/c2ccccc2OC(C)C)C(=O)O)n[nH]1. The molecule has 0 atom stereocenters. The van der Waals surface area contributed by atoms with Crippen LogP contribution in [0.4, 0.5) is 0 Å². The third kappa shape index (κ3) is 4.36. The van der Waals surface area contributed by atoms with Crippen molar-refractivity contribution in [3.8, 4) is 5.75 Å². The van der Waals surface area contributed by atoms with Gasteiger partial charge in [-0.3, -0.25) is 5.10 Å². The number of aliphatic carboxylic acids is 1. The quantitative estimate of drug-likeness (QED) is 0.628. The van der Waals surface area contributed by atoms with E-state index in [0.29, 0.717) is 22.3 Å². The highest BCUT2D eigenvalue weighted by Gasteiger charge is 2.14. The fourth-order valence-electron chi connectivity index (χ4n) is 1.70. The van der Waals surface area contributed by atoms with Crippen molar-refractivity contribution in [3.63, 3.8) is 0 Å². The van der Waals surface area contributed by atoms with Gasteiger partial charge in [0.1, 0.15) is 16.5 Å². The number of nitrogens with zero attached hydrogens (tertiary/aromatic N) is 2. The van der Waals surface area contributed by atoms with Crippen LogP contribution in [0.5, 0.6) is 5.75 Å². The van der Waals surface area contributed by atoms with E-state index in [1.165, 1.54) is 0 Å². The number of nitrogens with one attached hydrogen (secondary N) is 1. The summed E-state index contributed by atoms with van der Waals surface area (Å²) in [5.41, 5.74) is 0.702. The van der Waals surface area contributed by atoms with Gasteiger partial charge in [-0.15, -0.1) is 5.10 Å². The van der Waals surface area contributed by atoms with Gasteiger partial charge in [0.25, 0.3) is 0 Å². The zero-order valence-electron chi connectivity index (χ0n) is 12.5. The molecule has 0 radical (unpaired) electrons. The Kier molecular flexibility index (Phi) is 5.21. The minimum atomic E-state index is -1.04. The number of ether oxygens (including phenoxy) is 1. The Hall–Kier alpha value is -2.28. The number of carbonyl (C=O) groups is 1. The molecule has 2 N–H and O–H groups in total. The highest BCUT2D eigenvalue weighted by atomic mass is 32.2. The Bertz CT molecular complexity index is 695. The maximum absolute atomic E-state index is 11.5. The summed E-state index contributed by atoms with van der Waals surface area (Å²) >= 11 is 0.993. The van der Waals surface area contributed by atoms with Crippen molar-refractivity contribution in [1.29, 1.82) is 0 Å². The average molecular weight is 319 g/mol. The number of hydrogen-bond donors (Lipinski definition) is 2. The lowest BCUT2D eigenvalue weighted by Gasteiger charge is -2.12. The highest BCUT2D eigenvalue weighted by Crippen LogP contribution is 2.29. The van der Waals surface area contributed by atoms with Crippen LogP contribution >= 0.6 is 11.8 Å². The second-order valence-electron chi connectivity index (χ2n) is 4.82. The van der Waals surface area contributed by atoms with Gasteiger partial charge >= 0.3 is 5.97 Å². The molecule has 2 rings (SSSR count). The summed E-state index contributed by atoms with van der Waals surface area (Å²) in [5.74, 6) is 0.241. The van der Waals surface area contributed by atoms with E-state index in [4.69, 9.17) is 4.74 Å². The Balaban J connectivity index is 2.32. The van der Waals surface area contributed by atoms with Crippen molar-refractivity contribution in [2.45, 2.75) is 32.0 Å². The third-order valence-electron chi connectivity index (χ3n) is 2.56. The van der Waals surface area contributed by atoms with E-state index in [1.54, 1.807) is 13.0 Å². The van der Waals surface area contributed by atoms with Gasteiger partial charge in [0.05, 0.1) is 6.10 Å². The molecule has 22 heavy (non-hydrogen) atoms. The first kappa shape index (κ1) is 16.1. The molecule has 0 fully saturated rings. The summed E-state index contributed by atoms with van der Waals surface area (Å²) < 4.78 is 5.70. The Morgan fingerprint density at radius 1 is 1.41 bits per heavy atom. The molecule has 0 aliphatic carbocycles. The molecule has 0 amide bonds. The van der Waals surface area contributed by atoms with Crippen LogP contribution in [-0.2, 0) is 4.79 Å². The van der Waals surface area contributed by atoms with Crippen LogP contribution in [0.3, 0.4) is 0 Å². The number of H-pyrrole nitrogens is 1. The van der Waals surface area contributed by atoms with E-state index >= 15 is 0 Å². The summed E-state index contributed by atoms with van der Waals surface area (Å²) in [4.78, 5) is 15.7. The van der Waals surface area contributed by atoms with E-state index < -0.39 is 5.97 Å². The molecule has 0 bridgehead atoms. The average Bonchev–Trinajstić information content (AvgIpc) is 2.85. The second-order valence-corrected chi connectivity index (χ2v) is 5.83. The lowest BCUT2D eigenvalue weighted by molar-refractivity contribution is -0.131. The maximum atomic E-state index is 11.5. The molecule has 0 aliphatic rings. The first-order chi connectivity index (χ1) is 10.5. The molecule has 0 aliphatic heterocycles. The van der Waals surface area contributed by atoms with Crippen LogP contribution in [0.1, 0.15) is 25.2 Å². The lowest BCUT2D eigenvalue weighted by atomic mass is 10.2. The number of aromatic amines is 1. The summed E-state index contributed by atoms with van der Waals surface area (Å²) in [6.45, 7) is 5.60. The monoisotopic (exact) mass is 319 g/mol. The van der Waals surface area contributed by atoms with Crippen molar-refractivity contribution in [2.75, 3.05) is 0 Å². The van der Waals surface area contributed by atoms with Gasteiger partial charge in [0.2, 0.25) is 5.16 Å². The fourth-order valence-corrected chi connectivity index (χ4v) is 2.45. The van der Waals surface area contributed by atoms with Gasteiger partial charge < -0.3 is 9.84 Å². The number of para-hydroxylation sites is 1. The molecule has 1 aromatic carbocycles. The first-order valence-corrected chi connectivity index (χ1v) is 7.55. The molecular formula is C15H17N3O3S. The van der Waals surface area contributed by atoms with Crippen LogP contribution in [0.15, 0.2) is 34.3 Å². The smallest absolute Gasteiger partial charge is 0.342 e. The zero-order chi connectivity index (χ0) is 16.1. The standard InChI is InChI=1S/C15H17N3O3S/c1-9(2)21-12-7-5-4-6-11(12)8-13(14(19)20)22-15-16-10(3)17-18-15/h4-9H,1-3H3,(H,19,20)(H,16,17,18)/b13-8+.